The molecular weight excluding hydrogens is 544 g/mol. The fourth-order valence-electron chi connectivity index (χ4n) is 6.30. The summed E-state index contributed by atoms with van der Waals surface area (Å²) in [5, 5.41) is 2.70. The Morgan fingerprint density at radius 3 is 2.20 bits per heavy atom. The smallest absolute Gasteiger partial charge is 0.338 e. The van der Waals surface area contributed by atoms with Gasteiger partial charge in [0.25, 0.3) is 0 Å². The minimum atomic E-state index is -0.945. The second-order valence-corrected chi connectivity index (χ2v) is 12.0. The Hall–Kier alpha value is -2.99. The first kappa shape index (κ1) is 31.0. The summed E-state index contributed by atoms with van der Waals surface area (Å²) >= 11 is 0. The third kappa shape index (κ3) is 6.74. The molecule has 2 aliphatic heterocycles. The zero-order valence-electron chi connectivity index (χ0n) is 24.2. The molecule has 0 bridgehead atoms. The maximum absolute atomic E-state index is 12.8. The number of hydrogen-bond acceptors (Lipinski definition) is 7. The normalized spacial score (nSPS) is 23.0. The number of halogens is 1. The molecular formula is C29H43ClN8O3. The van der Waals surface area contributed by atoms with E-state index in [1.165, 1.54) is 10.1 Å². The van der Waals surface area contributed by atoms with Crippen LogP contribution in [0, 0.1) is 17.8 Å². The minimum absolute atomic E-state index is 0. The molecule has 41 heavy (non-hydrogen) atoms. The maximum atomic E-state index is 12.8. The number of amides is 3. The van der Waals surface area contributed by atoms with Gasteiger partial charge in [0.1, 0.15) is 5.82 Å². The standard InChI is InChI=1S/C29H42N8O3.ClH/c1-4-20(36-17-23-22(16-30)24(23)18-36)15-19-5-7-21(8-6-19)37-10-9-25(33-28(37)40)32-27(39)35-13-11-34(12-14-35)26(38)29(2,3)31;/h5-10,20,22-24H,4,11-18,30-31H2,1-3H3,(H,32,33,39,40);1H. The Bertz CT molecular complexity index is 1270. The zero-order valence-corrected chi connectivity index (χ0v) is 25.0. The molecule has 1 aromatic heterocycles. The van der Waals surface area contributed by atoms with Crippen molar-refractivity contribution in [2.45, 2.75) is 45.2 Å². The molecule has 12 heteroatoms. The second-order valence-electron chi connectivity index (χ2n) is 12.0. The lowest BCUT2D eigenvalue weighted by Crippen LogP contribution is -2.58. The molecule has 5 rings (SSSR count). The molecule has 1 aliphatic carbocycles. The van der Waals surface area contributed by atoms with Gasteiger partial charge in [-0.05, 0) is 74.8 Å². The van der Waals surface area contributed by atoms with E-state index in [2.05, 4.69) is 34.3 Å². The number of rotatable bonds is 8. The van der Waals surface area contributed by atoms with Crippen LogP contribution >= 0.6 is 12.4 Å². The lowest BCUT2D eigenvalue weighted by Gasteiger charge is -2.37. The highest BCUT2D eigenvalue weighted by Crippen LogP contribution is 2.51. The molecule has 3 fully saturated rings. The van der Waals surface area contributed by atoms with E-state index >= 15 is 0 Å². The summed E-state index contributed by atoms with van der Waals surface area (Å²) in [5.41, 5.74) is 12.3. The van der Waals surface area contributed by atoms with Gasteiger partial charge in [-0.3, -0.25) is 19.6 Å². The van der Waals surface area contributed by atoms with Gasteiger partial charge < -0.3 is 21.3 Å². The molecule has 224 valence electrons. The van der Waals surface area contributed by atoms with Crippen molar-refractivity contribution in [3.05, 3.63) is 52.6 Å². The maximum Gasteiger partial charge on any atom is 0.354 e. The molecule has 2 saturated heterocycles. The van der Waals surface area contributed by atoms with Gasteiger partial charge in [0, 0.05) is 51.5 Å². The molecule has 3 aliphatic rings. The van der Waals surface area contributed by atoms with E-state index in [0.29, 0.717) is 32.2 Å². The Kier molecular flexibility index (Phi) is 9.42. The SMILES string of the molecule is CCC(Cc1ccc(-n2ccc(NC(=O)N3CCN(C(=O)C(C)(C)N)CC3)nc2=O)cc1)N1CC2C(CN)C2C1.Cl. The fraction of sp³-hybridized carbons (Fsp3) is 0.586. The van der Waals surface area contributed by atoms with Crippen LogP contribution in [0.4, 0.5) is 10.6 Å². The highest BCUT2D eigenvalue weighted by atomic mass is 35.5. The molecule has 0 radical (unpaired) electrons. The van der Waals surface area contributed by atoms with Crippen LogP contribution < -0.4 is 22.5 Å². The highest BCUT2D eigenvalue weighted by molar-refractivity contribution is 5.89. The van der Waals surface area contributed by atoms with Gasteiger partial charge in [-0.1, -0.05) is 19.1 Å². The molecule has 3 unspecified atom stereocenters. The van der Waals surface area contributed by atoms with Crippen LogP contribution in [0.15, 0.2) is 41.3 Å². The van der Waals surface area contributed by atoms with Gasteiger partial charge in [-0.15, -0.1) is 12.4 Å². The van der Waals surface area contributed by atoms with Crippen molar-refractivity contribution in [2.75, 3.05) is 51.1 Å². The summed E-state index contributed by atoms with van der Waals surface area (Å²) in [6.07, 6.45) is 3.71. The molecule has 3 amide bonds. The zero-order chi connectivity index (χ0) is 28.6. The van der Waals surface area contributed by atoms with Crippen LogP contribution in [0.25, 0.3) is 5.69 Å². The molecule has 3 atom stereocenters. The summed E-state index contributed by atoms with van der Waals surface area (Å²) in [7, 11) is 0. The quantitative estimate of drug-likeness (QED) is 0.425. The molecule has 0 spiro atoms. The summed E-state index contributed by atoms with van der Waals surface area (Å²) in [6, 6.07) is 9.82. The topological polar surface area (TPSA) is 143 Å². The van der Waals surface area contributed by atoms with Gasteiger partial charge in [0.05, 0.1) is 11.2 Å². The first-order chi connectivity index (χ1) is 19.1. The van der Waals surface area contributed by atoms with Crippen LogP contribution in [0.1, 0.15) is 32.8 Å². The monoisotopic (exact) mass is 586 g/mol. The number of likely N-dealkylation sites (tertiary alicyclic amines) is 1. The molecule has 2 aromatic rings. The van der Waals surface area contributed by atoms with Crippen molar-refractivity contribution < 1.29 is 9.59 Å². The third-order valence-electron chi connectivity index (χ3n) is 8.79. The van der Waals surface area contributed by atoms with Gasteiger partial charge in [0.15, 0.2) is 0 Å². The highest BCUT2D eigenvalue weighted by Gasteiger charge is 2.55. The van der Waals surface area contributed by atoms with Crippen LogP contribution in [-0.2, 0) is 11.2 Å². The van der Waals surface area contributed by atoms with Crippen molar-refractivity contribution in [1.82, 2.24) is 24.3 Å². The molecule has 5 N–H and O–H groups in total. The number of nitrogens with two attached hydrogens (primary N) is 2. The largest absolute Gasteiger partial charge is 0.354 e. The molecule has 1 saturated carbocycles. The number of piperidine rings is 1. The van der Waals surface area contributed by atoms with Gasteiger partial charge in [-0.25, -0.2) is 9.59 Å². The van der Waals surface area contributed by atoms with E-state index in [-0.39, 0.29) is 30.2 Å². The predicted molar refractivity (Wildman–Crippen MR) is 161 cm³/mol. The molecule has 11 nitrogen and oxygen atoms in total. The number of nitrogens with one attached hydrogen (secondary N) is 1. The van der Waals surface area contributed by atoms with Crippen molar-refractivity contribution in [1.29, 1.82) is 0 Å². The van der Waals surface area contributed by atoms with Gasteiger partial charge in [-0.2, -0.15) is 4.98 Å². The average molecular weight is 587 g/mol. The third-order valence-corrected chi connectivity index (χ3v) is 8.79. The Labute approximate surface area is 247 Å². The predicted octanol–water partition coefficient (Wildman–Crippen LogP) is 1.53. The number of carbonyl (C=O) groups excluding carboxylic acids is 2. The van der Waals surface area contributed by atoms with Crippen molar-refractivity contribution in [2.24, 2.45) is 29.2 Å². The number of piperazine rings is 1. The average Bonchev–Trinajstić information content (AvgIpc) is 3.41. The number of urea groups is 1. The summed E-state index contributed by atoms with van der Waals surface area (Å²) in [5.74, 6) is 2.37. The number of nitrogens with zero attached hydrogens (tertiary/aromatic N) is 5. The summed E-state index contributed by atoms with van der Waals surface area (Å²) in [6.45, 7) is 10.3. The lowest BCUT2D eigenvalue weighted by molar-refractivity contribution is -0.137. The van der Waals surface area contributed by atoms with Crippen LogP contribution in [0.2, 0.25) is 0 Å². The second kappa shape index (κ2) is 12.5. The summed E-state index contributed by atoms with van der Waals surface area (Å²) < 4.78 is 1.47. The van der Waals surface area contributed by atoms with Gasteiger partial charge in [0.2, 0.25) is 5.91 Å². The van der Waals surface area contributed by atoms with E-state index in [9.17, 15) is 14.4 Å². The number of aromatic nitrogens is 2. The van der Waals surface area contributed by atoms with E-state index in [4.69, 9.17) is 11.5 Å². The minimum Gasteiger partial charge on any atom is -0.338 e. The van der Waals surface area contributed by atoms with E-state index in [1.807, 2.05) is 12.1 Å². The van der Waals surface area contributed by atoms with Gasteiger partial charge >= 0.3 is 11.7 Å². The van der Waals surface area contributed by atoms with E-state index in [1.54, 1.807) is 35.9 Å². The number of hydrogen-bond donors (Lipinski definition) is 3. The molecule has 1 aromatic carbocycles. The summed E-state index contributed by atoms with van der Waals surface area (Å²) in [4.78, 5) is 47.9. The first-order valence-electron chi connectivity index (χ1n) is 14.4. The van der Waals surface area contributed by atoms with Crippen LogP contribution in [-0.4, -0.2) is 93.6 Å². The van der Waals surface area contributed by atoms with E-state index in [0.717, 1.165) is 55.9 Å². The number of anilines is 1. The van der Waals surface area contributed by atoms with E-state index < -0.39 is 11.2 Å². The lowest BCUT2D eigenvalue weighted by atomic mass is 10.0. The number of carbonyl (C=O) groups is 2. The number of benzene rings is 1. The van der Waals surface area contributed by atoms with Crippen LogP contribution in [0.5, 0.6) is 0 Å². The van der Waals surface area contributed by atoms with Crippen molar-refractivity contribution >= 4 is 30.2 Å². The van der Waals surface area contributed by atoms with Crippen LogP contribution in [0.3, 0.4) is 0 Å². The Morgan fingerprint density at radius 2 is 1.66 bits per heavy atom. The van der Waals surface area contributed by atoms with Crippen molar-refractivity contribution in [3.8, 4) is 5.69 Å². The Morgan fingerprint density at radius 1 is 1.05 bits per heavy atom. The first-order valence-corrected chi connectivity index (χ1v) is 14.4. The Balaban J connectivity index is 0.00000387. The van der Waals surface area contributed by atoms with Crippen molar-refractivity contribution in [3.63, 3.8) is 0 Å². The fourth-order valence-corrected chi connectivity index (χ4v) is 6.30. The molecule has 3 heterocycles. The number of fused-ring (bicyclic) bond motifs is 1.